The number of rotatable bonds is 3. The van der Waals surface area contributed by atoms with Gasteiger partial charge in [0.1, 0.15) is 5.75 Å². The Morgan fingerprint density at radius 1 is 1.05 bits per heavy atom. The van der Waals surface area contributed by atoms with E-state index >= 15 is 0 Å². The minimum absolute atomic E-state index is 0.306. The number of hydrogen-bond donors (Lipinski definition) is 1. The Morgan fingerprint density at radius 3 is 2.42 bits per heavy atom. The van der Waals surface area contributed by atoms with Gasteiger partial charge in [0, 0.05) is 0 Å². The molecule has 2 atom stereocenters. The Balaban J connectivity index is 1.81. The van der Waals surface area contributed by atoms with E-state index in [4.69, 9.17) is 4.74 Å². The molecular weight excluding hydrogens is 236 g/mol. The van der Waals surface area contributed by atoms with Crippen LogP contribution in [0.25, 0.3) is 0 Å². The van der Waals surface area contributed by atoms with Gasteiger partial charge in [-0.05, 0) is 47.6 Å². The van der Waals surface area contributed by atoms with E-state index in [0.717, 1.165) is 24.2 Å². The molecule has 0 aromatic heterocycles. The molecule has 98 valence electrons. The van der Waals surface area contributed by atoms with E-state index in [-0.39, 0.29) is 6.10 Å². The maximum absolute atomic E-state index is 10.1. The molecule has 1 aliphatic rings. The first-order valence-electron chi connectivity index (χ1n) is 6.67. The van der Waals surface area contributed by atoms with Gasteiger partial charge < -0.3 is 9.84 Å². The van der Waals surface area contributed by atoms with Crippen LogP contribution in [0.5, 0.6) is 5.75 Å². The lowest BCUT2D eigenvalue weighted by Gasteiger charge is -2.11. The van der Waals surface area contributed by atoms with Crippen molar-refractivity contribution >= 4 is 0 Å². The van der Waals surface area contributed by atoms with Gasteiger partial charge in [-0.25, -0.2) is 0 Å². The van der Waals surface area contributed by atoms with Crippen LogP contribution >= 0.6 is 0 Å². The zero-order valence-corrected chi connectivity index (χ0v) is 11.0. The Bertz CT molecular complexity index is 560. The number of ether oxygens (including phenoxy) is 1. The fraction of sp³-hybridized carbons (Fsp3) is 0.294. The summed E-state index contributed by atoms with van der Waals surface area (Å²) in [4.78, 5) is 0. The maximum Gasteiger partial charge on any atom is 0.118 e. The highest BCUT2D eigenvalue weighted by atomic mass is 16.5. The molecule has 0 bridgehead atoms. The molecule has 2 aromatic carbocycles. The second-order valence-electron chi connectivity index (χ2n) is 5.13. The Kier molecular flexibility index (Phi) is 3.26. The fourth-order valence-corrected chi connectivity index (χ4v) is 2.95. The summed E-state index contributed by atoms with van der Waals surface area (Å²) < 4.78 is 5.17. The third-order valence-electron chi connectivity index (χ3n) is 3.94. The molecule has 19 heavy (non-hydrogen) atoms. The van der Waals surface area contributed by atoms with Crippen LogP contribution < -0.4 is 4.74 Å². The largest absolute Gasteiger partial charge is 0.497 e. The van der Waals surface area contributed by atoms with Crippen molar-refractivity contribution in [3.63, 3.8) is 0 Å². The van der Waals surface area contributed by atoms with Crippen molar-refractivity contribution in [3.05, 3.63) is 65.2 Å². The molecule has 3 rings (SSSR count). The minimum atomic E-state index is -0.306. The van der Waals surface area contributed by atoms with E-state index in [9.17, 15) is 5.11 Å². The third kappa shape index (κ3) is 2.36. The molecule has 0 aliphatic heterocycles. The Morgan fingerprint density at radius 2 is 1.74 bits per heavy atom. The first-order chi connectivity index (χ1) is 9.28. The van der Waals surface area contributed by atoms with E-state index in [2.05, 4.69) is 24.3 Å². The van der Waals surface area contributed by atoms with Crippen molar-refractivity contribution in [1.29, 1.82) is 0 Å². The quantitative estimate of drug-likeness (QED) is 0.909. The van der Waals surface area contributed by atoms with Crippen molar-refractivity contribution in [3.8, 4) is 5.75 Å². The van der Waals surface area contributed by atoms with Crippen LogP contribution in [0, 0.1) is 0 Å². The fourth-order valence-electron chi connectivity index (χ4n) is 2.95. The van der Waals surface area contributed by atoms with Crippen LogP contribution in [0.15, 0.2) is 48.5 Å². The molecule has 0 radical (unpaired) electrons. The van der Waals surface area contributed by atoms with E-state index in [0.29, 0.717) is 5.92 Å². The van der Waals surface area contributed by atoms with Crippen molar-refractivity contribution in [1.82, 2.24) is 0 Å². The lowest BCUT2D eigenvalue weighted by molar-refractivity contribution is 0.173. The van der Waals surface area contributed by atoms with Gasteiger partial charge in [-0.3, -0.25) is 0 Å². The average Bonchev–Trinajstić information content (AvgIpc) is 2.77. The number of hydrogen-bond acceptors (Lipinski definition) is 2. The van der Waals surface area contributed by atoms with Crippen LogP contribution in [-0.2, 0) is 6.42 Å². The molecule has 2 unspecified atom stereocenters. The monoisotopic (exact) mass is 254 g/mol. The van der Waals surface area contributed by atoms with Gasteiger partial charge >= 0.3 is 0 Å². The van der Waals surface area contributed by atoms with Crippen molar-refractivity contribution in [2.75, 3.05) is 7.11 Å². The van der Waals surface area contributed by atoms with Crippen LogP contribution in [0.2, 0.25) is 0 Å². The average molecular weight is 254 g/mol. The topological polar surface area (TPSA) is 29.5 Å². The van der Waals surface area contributed by atoms with Gasteiger partial charge in [0.05, 0.1) is 13.2 Å². The first-order valence-corrected chi connectivity index (χ1v) is 6.67. The van der Waals surface area contributed by atoms with Gasteiger partial charge in [-0.15, -0.1) is 0 Å². The highest BCUT2D eigenvalue weighted by molar-refractivity contribution is 5.38. The zero-order valence-electron chi connectivity index (χ0n) is 11.0. The van der Waals surface area contributed by atoms with Gasteiger partial charge in [0.25, 0.3) is 0 Å². The molecule has 0 amide bonds. The van der Waals surface area contributed by atoms with Crippen molar-refractivity contribution in [2.24, 2.45) is 0 Å². The summed E-state index contributed by atoms with van der Waals surface area (Å²) >= 11 is 0. The molecular formula is C17H18O2. The van der Waals surface area contributed by atoms with E-state index < -0.39 is 0 Å². The molecule has 0 heterocycles. The van der Waals surface area contributed by atoms with Crippen molar-refractivity contribution in [2.45, 2.75) is 24.9 Å². The number of methoxy groups -OCH3 is 1. The Labute approximate surface area is 113 Å². The number of benzene rings is 2. The van der Waals surface area contributed by atoms with Crippen LogP contribution in [0.4, 0.5) is 0 Å². The number of aliphatic hydroxyl groups excluding tert-OH is 1. The SMILES string of the molecule is COc1ccc(CC2CC(O)c3ccccc32)cc1. The molecule has 2 aromatic rings. The summed E-state index contributed by atoms with van der Waals surface area (Å²) in [5, 5.41) is 10.1. The summed E-state index contributed by atoms with van der Waals surface area (Å²) in [5.74, 6) is 1.30. The van der Waals surface area contributed by atoms with Gasteiger partial charge in [0.2, 0.25) is 0 Å². The predicted molar refractivity (Wildman–Crippen MR) is 75.5 cm³/mol. The number of fused-ring (bicyclic) bond motifs is 1. The van der Waals surface area contributed by atoms with Crippen LogP contribution in [-0.4, -0.2) is 12.2 Å². The molecule has 0 saturated carbocycles. The molecule has 0 spiro atoms. The molecule has 2 nitrogen and oxygen atoms in total. The van der Waals surface area contributed by atoms with Crippen molar-refractivity contribution < 1.29 is 9.84 Å². The Hall–Kier alpha value is -1.80. The summed E-state index contributed by atoms with van der Waals surface area (Å²) in [6.07, 6.45) is 1.49. The second-order valence-corrected chi connectivity index (χ2v) is 5.13. The second kappa shape index (κ2) is 5.06. The molecule has 1 aliphatic carbocycles. The van der Waals surface area contributed by atoms with Crippen LogP contribution in [0.1, 0.15) is 35.1 Å². The minimum Gasteiger partial charge on any atom is -0.497 e. The summed E-state index contributed by atoms with van der Waals surface area (Å²) in [7, 11) is 1.68. The lowest BCUT2D eigenvalue weighted by Crippen LogP contribution is -1.99. The van der Waals surface area contributed by atoms with Gasteiger partial charge in [-0.2, -0.15) is 0 Å². The molecule has 1 N–H and O–H groups in total. The summed E-state index contributed by atoms with van der Waals surface area (Å²) in [6, 6.07) is 16.4. The standard InChI is InChI=1S/C17H18O2/c1-19-14-8-6-12(7-9-14)10-13-11-17(18)16-5-3-2-4-15(13)16/h2-9,13,17-18H,10-11H2,1H3. The van der Waals surface area contributed by atoms with E-state index in [1.807, 2.05) is 24.3 Å². The predicted octanol–water partition coefficient (Wildman–Crippen LogP) is 3.46. The highest BCUT2D eigenvalue weighted by Crippen LogP contribution is 2.41. The zero-order chi connectivity index (χ0) is 13.2. The molecule has 0 saturated heterocycles. The highest BCUT2D eigenvalue weighted by Gasteiger charge is 2.28. The lowest BCUT2D eigenvalue weighted by atomic mass is 9.93. The summed E-state index contributed by atoms with van der Waals surface area (Å²) in [5.41, 5.74) is 3.68. The van der Waals surface area contributed by atoms with E-state index in [1.165, 1.54) is 11.1 Å². The van der Waals surface area contributed by atoms with Gasteiger partial charge in [0.15, 0.2) is 0 Å². The number of aliphatic hydroxyl groups is 1. The molecule has 0 fully saturated rings. The van der Waals surface area contributed by atoms with Gasteiger partial charge in [-0.1, -0.05) is 36.4 Å². The maximum atomic E-state index is 10.1. The smallest absolute Gasteiger partial charge is 0.118 e. The van der Waals surface area contributed by atoms with Crippen LogP contribution in [0.3, 0.4) is 0 Å². The molecule has 2 heteroatoms. The third-order valence-corrected chi connectivity index (χ3v) is 3.94. The summed E-state index contributed by atoms with van der Waals surface area (Å²) in [6.45, 7) is 0. The first kappa shape index (κ1) is 12.2. The normalized spacial score (nSPS) is 21.2. The van der Waals surface area contributed by atoms with E-state index in [1.54, 1.807) is 7.11 Å².